The number of para-hydroxylation sites is 1. The Morgan fingerprint density at radius 1 is 1.24 bits per heavy atom. The maximum atomic E-state index is 12.3. The van der Waals surface area contributed by atoms with E-state index in [2.05, 4.69) is 10.4 Å². The highest BCUT2D eigenvalue weighted by Gasteiger charge is 2.23. The van der Waals surface area contributed by atoms with Gasteiger partial charge in [-0.05, 0) is 31.9 Å². The van der Waals surface area contributed by atoms with Gasteiger partial charge in [-0.3, -0.25) is 4.79 Å². The summed E-state index contributed by atoms with van der Waals surface area (Å²) in [6.45, 7) is 7.20. The number of hydrogen-bond acceptors (Lipinski definition) is 4. The average Bonchev–Trinajstić information content (AvgIpc) is 2.88. The lowest BCUT2D eigenvalue weighted by molar-refractivity contribution is -0.125. The van der Waals surface area contributed by atoms with Gasteiger partial charge < -0.3 is 10.1 Å². The van der Waals surface area contributed by atoms with Crippen LogP contribution in [0.1, 0.15) is 36.8 Å². The van der Waals surface area contributed by atoms with Gasteiger partial charge in [0, 0.05) is 6.04 Å². The predicted octanol–water partition coefficient (Wildman–Crippen LogP) is 3.15. The number of carbonyl (C=O) groups is 2. The fourth-order valence-corrected chi connectivity index (χ4v) is 2.49. The molecule has 2 aromatic rings. The van der Waals surface area contributed by atoms with Gasteiger partial charge in [-0.2, -0.15) is 5.10 Å². The number of ether oxygens (including phenoxy) is 1. The van der Waals surface area contributed by atoms with Gasteiger partial charge in [-0.15, -0.1) is 0 Å². The molecule has 0 spiro atoms. The summed E-state index contributed by atoms with van der Waals surface area (Å²) in [5.41, 5.74) is 1.34. The number of nitrogens with one attached hydrogen (secondary N) is 1. The number of aryl methyl sites for hydroxylation is 1. The molecule has 25 heavy (non-hydrogen) atoms. The van der Waals surface area contributed by atoms with E-state index in [1.165, 1.54) is 4.68 Å². The highest BCUT2D eigenvalue weighted by atomic mass is 35.5. The molecule has 0 radical (unpaired) electrons. The summed E-state index contributed by atoms with van der Waals surface area (Å²) in [6, 6.07) is 9.22. The maximum absolute atomic E-state index is 12.3. The summed E-state index contributed by atoms with van der Waals surface area (Å²) >= 11 is 6.30. The molecule has 0 saturated heterocycles. The number of carbonyl (C=O) groups excluding carboxylic acids is 2. The van der Waals surface area contributed by atoms with Crippen molar-refractivity contribution in [2.75, 3.05) is 6.61 Å². The van der Waals surface area contributed by atoms with Crippen LogP contribution in [0.25, 0.3) is 5.69 Å². The molecule has 0 unspecified atom stereocenters. The second-order valence-corrected chi connectivity index (χ2v) is 6.53. The van der Waals surface area contributed by atoms with Crippen molar-refractivity contribution >= 4 is 23.5 Å². The molecular weight excluding hydrogens is 342 g/mol. The summed E-state index contributed by atoms with van der Waals surface area (Å²) in [4.78, 5) is 24.2. The van der Waals surface area contributed by atoms with Gasteiger partial charge in [0.25, 0.3) is 5.91 Å². The van der Waals surface area contributed by atoms with Crippen molar-refractivity contribution in [3.63, 3.8) is 0 Å². The number of halogens is 1. The lowest BCUT2D eigenvalue weighted by Gasteiger charge is -2.17. The van der Waals surface area contributed by atoms with E-state index in [4.69, 9.17) is 16.3 Å². The second kappa shape index (κ2) is 8.16. The SMILES string of the molecule is Cc1nn(-c2ccccc2)c(Cl)c1C(=O)OCC(=O)N[C@@H](C)C(C)C. The first-order valence-corrected chi connectivity index (χ1v) is 8.46. The number of nitrogens with zero attached hydrogens (tertiary/aromatic N) is 2. The molecule has 134 valence electrons. The third-order valence-corrected chi connectivity index (χ3v) is 4.28. The molecule has 0 aliphatic rings. The Bertz CT molecular complexity index is 756. The van der Waals surface area contributed by atoms with E-state index in [0.29, 0.717) is 11.6 Å². The third-order valence-electron chi connectivity index (χ3n) is 3.93. The molecule has 0 aliphatic carbocycles. The summed E-state index contributed by atoms with van der Waals surface area (Å²) in [5.74, 6) is -0.726. The zero-order valence-electron chi connectivity index (χ0n) is 14.7. The van der Waals surface area contributed by atoms with E-state index < -0.39 is 5.97 Å². The fourth-order valence-electron chi connectivity index (χ4n) is 2.14. The van der Waals surface area contributed by atoms with E-state index in [-0.39, 0.29) is 29.3 Å². The molecular formula is C18H22ClN3O3. The summed E-state index contributed by atoms with van der Waals surface area (Å²) in [7, 11) is 0. The molecule has 1 amide bonds. The van der Waals surface area contributed by atoms with E-state index in [1.807, 2.05) is 51.1 Å². The smallest absolute Gasteiger partial charge is 0.343 e. The molecule has 1 atom stereocenters. The Morgan fingerprint density at radius 2 is 1.88 bits per heavy atom. The van der Waals surface area contributed by atoms with Crippen molar-refractivity contribution in [2.45, 2.75) is 33.7 Å². The predicted molar refractivity (Wildman–Crippen MR) is 96.0 cm³/mol. The Hall–Kier alpha value is -2.34. The molecule has 0 fully saturated rings. The zero-order valence-corrected chi connectivity index (χ0v) is 15.5. The average molecular weight is 364 g/mol. The minimum atomic E-state index is -0.669. The molecule has 0 bridgehead atoms. The molecule has 1 aromatic carbocycles. The van der Waals surface area contributed by atoms with Crippen molar-refractivity contribution < 1.29 is 14.3 Å². The standard InChI is InChI=1S/C18H22ClN3O3/c1-11(2)12(3)20-15(23)10-25-18(24)16-13(4)21-22(17(16)19)14-8-6-5-7-9-14/h5-9,11-12H,10H2,1-4H3,(H,20,23)/t12-/m0/s1. The summed E-state index contributed by atoms with van der Waals surface area (Å²) in [5, 5.41) is 7.22. The first kappa shape index (κ1) is 19.0. The monoisotopic (exact) mass is 363 g/mol. The number of amides is 1. The highest BCUT2D eigenvalue weighted by Crippen LogP contribution is 2.24. The third kappa shape index (κ3) is 4.60. The van der Waals surface area contributed by atoms with Gasteiger partial charge in [-0.25, -0.2) is 9.48 Å². The van der Waals surface area contributed by atoms with Crippen LogP contribution in [0.3, 0.4) is 0 Å². The molecule has 7 heteroatoms. The van der Waals surface area contributed by atoms with Gasteiger partial charge >= 0.3 is 5.97 Å². The van der Waals surface area contributed by atoms with Crippen LogP contribution in [-0.2, 0) is 9.53 Å². The van der Waals surface area contributed by atoms with Crippen molar-refractivity contribution in [1.82, 2.24) is 15.1 Å². The van der Waals surface area contributed by atoms with Gasteiger partial charge in [0.2, 0.25) is 0 Å². The van der Waals surface area contributed by atoms with E-state index in [1.54, 1.807) is 6.92 Å². The topological polar surface area (TPSA) is 73.2 Å². The Morgan fingerprint density at radius 3 is 2.48 bits per heavy atom. The molecule has 0 saturated carbocycles. The normalized spacial score (nSPS) is 12.1. The minimum Gasteiger partial charge on any atom is -0.452 e. The number of rotatable bonds is 6. The van der Waals surface area contributed by atoms with Crippen molar-refractivity contribution in [3.05, 3.63) is 46.7 Å². The lowest BCUT2D eigenvalue weighted by atomic mass is 10.1. The lowest BCUT2D eigenvalue weighted by Crippen LogP contribution is -2.38. The minimum absolute atomic E-state index is 0.00245. The van der Waals surface area contributed by atoms with Crippen molar-refractivity contribution in [2.24, 2.45) is 5.92 Å². The Balaban J connectivity index is 2.08. The summed E-state index contributed by atoms with van der Waals surface area (Å²) < 4.78 is 6.56. The van der Waals surface area contributed by atoms with Crippen LogP contribution >= 0.6 is 11.6 Å². The van der Waals surface area contributed by atoms with Crippen LogP contribution in [-0.4, -0.2) is 34.3 Å². The van der Waals surface area contributed by atoms with Gasteiger partial charge in [-0.1, -0.05) is 43.6 Å². The van der Waals surface area contributed by atoms with Gasteiger partial charge in [0.1, 0.15) is 10.7 Å². The van der Waals surface area contributed by atoms with Crippen LogP contribution in [0, 0.1) is 12.8 Å². The van der Waals surface area contributed by atoms with Gasteiger partial charge in [0.15, 0.2) is 6.61 Å². The first-order valence-electron chi connectivity index (χ1n) is 8.08. The number of hydrogen-bond donors (Lipinski definition) is 1. The fraction of sp³-hybridized carbons (Fsp3) is 0.389. The molecule has 1 heterocycles. The quantitative estimate of drug-likeness (QED) is 0.800. The van der Waals surface area contributed by atoms with E-state index in [9.17, 15) is 9.59 Å². The number of esters is 1. The second-order valence-electron chi connectivity index (χ2n) is 6.17. The van der Waals surface area contributed by atoms with Crippen LogP contribution in [0.4, 0.5) is 0 Å². The van der Waals surface area contributed by atoms with E-state index in [0.717, 1.165) is 5.69 Å². The van der Waals surface area contributed by atoms with Gasteiger partial charge in [0.05, 0.1) is 11.4 Å². The van der Waals surface area contributed by atoms with Crippen LogP contribution in [0.2, 0.25) is 5.15 Å². The zero-order chi connectivity index (χ0) is 18.6. The Labute approximate surface area is 152 Å². The number of aromatic nitrogens is 2. The van der Waals surface area contributed by atoms with Crippen molar-refractivity contribution in [1.29, 1.82) is 0 Å². The van der Waals surface area contributed by atoms with Crippen LogP contribution < -0.4 is 5.32 Å². The first-order chi connectivity index (χ1) is 11.8. The van der Waals surface area contributed by atoms with Crippen molar-refractivity contribution in [3.8, 4) is 5.69 Å². The molecule has 6 nitrogen and oxygen atoms in total. The van der Waals surface area contributed by atoms with Crippen LogP contribution in [0.15, 0.2) is 30.3 Å². The van der Waals surface area contributed by atoms with E-state index >= 15 is 0 Å². The summed E-state index contributed by atoms with van der Waals surface area (Å²) in [6.07, 6.45) is 0. The van der Waals surface area contributed by atoms with Crippen LogP contribution in [0.5, 0.6) is 0 Å². The number of benzene rings is 1. The molecule has 1 aromatic heterocycles. The molecule has 0 aliphatic heterocycles. The molecule has 2 rings (SSSR count). The molecule has 1 N–H and O–H groups in total. The maximum Gasteiger partial charge on any atom is 0.343 e. The Kier molecular flexibility index (Phi) is 6.20. The highest BCUT2D eigenvalue weighted by molar-refractivity contribution is 6.33. The largest absolute Gasteiger partial charge is 0.452 e.